The minimum absolute atomic E-state index is 0. The van der Waals surface area contributed by atoms with E-state index in [1.807, 2.05) is 18.2 Å². The summed E-state index contributed by atoms with van der Waals surface area (Å²) in [6.45, 7) is 2.08. The van der Waals surface area contributed by atoms with Crippen LogP contribution in [0.1, 0.15) is 5.56 Å². The monoisotopic (exact) mass is 150 g/mol. The van der Waals surface area contributed by atoms with E-state index < -0.39 is 0 Å². The number of aryl methyl sites for hydroxylation is 1. The zero-order valence-electron chi connectivity index (χ0n) is 5.99. The van der Waals surface area contributed by atoms with Crippen molar-refractivity contribution in [2.45, 2.75) is 6.92 Å². The molecular weight excluding hydrogens is 140 g/mol. The Morgan fingerprint density at radius 1 is 0.900 bits per heavy atom. The molecule has 0 radical (unpaired) electrons. The van der Waals surface area contributed by atoms with E-state index in [1.54, 1.807) is 0 Å². The van der Waals surface area contributed by atoms with Crippen LogP contribution < -0.4 is 0 Å². The zero-order chi connectivity index (χ0) is 5.11. The molecule has 3 heteroatoms. The third kappa shape index (κ3) is 6.03. The van der Waals surface area contributed by atoms with Crippen LogP contribution in [0.5, 0.6) is 0 Å². The van der Waals surface area contributed by atoms with Crippen molar-refractivity contribution in [3.8, 4) is 0 Å². The van der Waals surface area contributed by atoms with E-state index in [0.29, 0.717) is 0 Å². The van der Waals surface area contributed by atoms with Crippen LogP contribution in [0, 0.1) is 6.92 Å². The molecule has 0 aliphatic carbocycles. The molecule has 0 aliphatic heterocycles. The maximum absolute atomic E-state index is 2.08. The predicted octanol–water partition coefficient (Wildman–Crippen LogP) is 1.26. The van der Waals surface area contributed by atoms with Crippen molar-refractivity contribution < 1.29 is 11.0 Å². The van der Waals surface area contributed by atoms with Gasteiger partial charge >= 0.3 is 23.1 Å². The van der Waals surface area contributed by atoms with E-state index in [4.69, 9.17) is 0 Å². The Morgan fingerprint density at radius 2 is 1.30 bits per heavy atom. The summed E-state index contributed by atoms with van der Waals surface area (Å²) >= 11 is 0. The minimum Gasteiger partial charge on any atom is -0.870 e. The Hall–Kier alpha value is -0.0938. The zero-order valence-corrected chi connectivity index (χ0v) is 7.40. The summed E-state index contributed by atoms with van der Waals surface area (Å²) in [5.74, 6) is 0. The Kier molecular flexibility index (Phi) is 14.7. The molecule has 10 heavy (non-hydrogen) atoms. The van der Waals surface area contributed by atoms with Gasteiger partial charge in [0, 0.05) is 0 Å². The normalized spacial score (nSPS) is 6.10. The number of hydrogen-bond acceptors (Lipinski definition) is 2. The number of hydrogen-bond donors (Lipinski definition) is 0. The van der Waals surface area contributed by atoms with Crippen molar-refractivity contribution in [1.29, 1.82) is 0 Å². The maximum Gasteiger partial charge on any atom is 2.00 e. The van der Waals surface area contributed by atoms with Gasteiger partial charge < -0.3 is 11.0 Å². The summed E-state index contributed by atoms with van der Waals surface area (Å²) in [6.07, 6.45) is 0. The van der Waals surface area contributed by atoms with Crippen molar-refractivity contribution in [1.82, 2.24) is 0 Å². The molecule has 0 saturated heterocycles. The summed E-state index contributed by atoms with van der Waals surface area (Å²) in [5.41, 5.74) is 1.32. The fourth-order valence-corrected chi connectivity index (χ4v) is 0.534. The standard InChI is InChI=1S/C7H8.Mg.2H2O/c1-7-5-3-2-4-6-7;;;/h2-6H,1H3;;2*1H2/q;+2;;/p-2. The van der Waals surface area contributed by atoms with Gasteiger partial charge in [0.25, 0.3) is 0 Å². The molecule has 0 atom stereocenters. The first-order valence-electron chi connectivity index (χ1n) is 2.41. The summed E-state index contributed by atoms with van der Waals surface area (Å²) in [6, 6.07) is 10.3. The fourth-order valence-electron chi connectivity index (χ4n) is 0.534. The van der Waals surface area contributed by atoms with Gasteiger partial charge in [0.15, 0.2) is 0 Å². The first-order valence-corrected chi connectivity index (χ1v) is 2.41. The van der Waals surface area contributed by atoms with Gasteiger partial charge in [-0.2, -0.15) is 0 Å². The summed E-state index contributed by atoms with van der Waals surface area (Å²) in [4.78, 5) is 0. The van der Waals surface area contributed by atoms with Crippen molar-refractivity contribution >= 4 is 23.1 Å². The van der Waals surface area contributed by atoms with Crippen LogP contribution in [0.15, 0.2) is 30.3 Å². The Balaban J connectivity index is -0.000000163. The molecule has 0 heterocycles. The predicted molar refractivity (Wildman–Crippen MR) is 40.8 cm³/mol. The van der Waals surface area contributed by atoms with Gasteiger partial charge in [-0.25, -0.2) is 0 Å². The second-order valence-electron chi connectivity index (χ2n) is 1.65. The van der Waals surface area contributed by atoms with Gasteiger partial charge in [0.1, 0.15) is 0 Å². The molecule has 0 aromatic heterocycles. The summed E-state index contributed by atoms with van der Waals surface area (Å²) in [5, 5.41) is 0. The van der Waals surface area contributed by atoms with Crippen molar-refractivity contribution in [3.63, 3.8) is 0 Å². The number of benzene rings is 1. The maximum atomic E-state index is 2.08. The molecule has 0 bridgehead atoms. The average molecular weight is 150 g/mol. The van der Waals surface area contributed by atoms with Crippen LogP contribution in [-0.2, 0) is 0 Å². The minimum atomic E-state index is 0. The Morgan fingerprint density at radius 3 is 1.50 bits per heavy atom. The van der Waals surface area contributed by atoms with Crippen LogP contribution in [0.25, 0.3) is 0 Å². The van der Waals surface area contributed by atoms with Crippen molar-refractivity contribution in [2.75, 3.05) is 0 Å². The van der Waals surface area contributed by atoms with E-state index in [0.717, 1.165) is 0 Å². The van der Waals surface area contributed by atoms with Crippen molar-refractivity contribution in [3.05, 3.63) is 35.9 Å². The molecule has 0 amide bonds. The van der Waals surface area contributed by atoms with Crippen LogP contribution >= 0.6 is 0 Å². The summed E-state index contributed by atoms with van der Waals surface area (Å²) < 4.78 is 0. The molecule has 2 nitrogen and oxygen atoms in total. The van der Waals surface area contributed by atoms with Crippen LogP contribution in [-0.4, -0.2) is 34.0 Å². The molecular formula is C7H10MgO2. The largest absolute Gasteiger partial charge is 2.00 e. The van der Waals surface area contributed by atoms with Crippen LogP contribution in [0.4, 0.5) is 0 Å². The van der Waals surface area contributed by atoms with Gasteiger partial charge in [-0.05, 0) is 6.92 Å². The molecule has 0 saturated carbocycles. The Bertz CT molecular complexity index is 142. The fraction of sp³-hybridized carbons (Fsp3) is 0.143. The van der Waals surface area contributed by atoms with E-state index in [2.05, 4.69) is 19.1 Å². The van der Waals surface area contributed by atoms with Gasteiger partial charge in [-0.15, -0.1) is 0 Å². The average Bonchev–Trinajstić information content (AvgIpc) is 1.69. The van der Waals surface area contributed by atoms with Gasteiger partial charge in [-0.3, -0.25) is 0 Å². The third-order valence-electron chi connectivity index (χ3n) is 0.940. The van der Waals surface area contributed by atoms with Gasteiger partial charge in [0.2, 0.25) is 0 Å². The SMILES string of the molecule is Cc1ccccc1.[Mg+2].[OH-].[OH-]. The van der Waals surface area contributed by atoms with E-state index in [9.17, 15) is 0 Å². The second-order valence-corrected chi connectivity index (χ2v) is 1.65. The molecule has 1 aromatic rings. The van der Waals surface area contributed by atoms with Crippen LogP contribution in [0.2, 0.25) is 0 Å². The first kappa shape index (κ1) is 16.5. The van der Waals surface area contributed by atoms with Gasteiger partial charge in [-0.1, -0.05) is 35.9 Å². The molecule has 0 aliphatic rings. The van der Waals surface area contributed by atoms with E-state index in [1.165, 1.54) is 5.56 Å². The number of rotatable bonds is 0. The molecule has 1 aromatic carbocycles. The third-order valence-corrected chi connectivity index (χ3v) is 0.940. The first-order chi connectivity index (χ1) is 3.39. The molecule has 0 unspecified atom stereocenters. The molecule has 2 N–H and O–H groups in total. The Labute approximate surface area is 77.0 Å². The van der Waals surface area contributed by atoms with Gasteiger partial charge in [0.05, 0.1) is 0 Å². The smallest absolute Gasteiger partial charge is 0.870 e. The summed E-state index contributed by atoms with van der Waals surface area (Å²) in [7, 11) is 0. The van der Waals surface area contributed by atoms with Crippen LogP contribution in [0.3, 0.4) is 0 Å². The molecule has 52 valence electrons. The topological polar surface area (TPSA) is 60.0 Å². The van der Waals surface area contributed by atoms with E-state index >= 15 is 0 Å². The molecule has 1 rings (SSSR count). The van der Waals surface area contributed by atoms with Crippen molar-refractivity contribution in [2.24, 2.45) is 0 Å². The molecule has 0 spiro atoms. The molecule has 0 fully saturated rings. The van der Waals surface area contributed by atoms with E-state index in [-0.39, 0.29) is 34.0 Å². The quantitative estimate of drug-likeness (QED) is 0.523. The second kappa shape index (κ2) is 8.91.